The molecule has 0 unspecified atom stereocenters. The van der Waals surface area contributed by atoms with Crippen LogP contribution in [-0.2, 0) is 0 Å². The zero-order valence-electron chi connectivity index (χ0n) is 9.71. The average molecular weight is 252 g/mol. The van der Waals surface area contributed by atoms with Crippen LogP contribution in [0, 0.1) is 0 Å². The smallest absolute Gasteiger partial charge is 0.115 e. The van der Waals surface area contributed by atoms with E-state index >= 15 is 0 Å². The molecule has 0 spiro atoms. The molecule has 1 nitrogen and oxygen atoms in total. The zero-order chi connectivity index (χ0) is 12.4. The Hall–Kier alpha value is -2.06. The van der Waals surface area contributed by atoms with Crippen LogP contribution in [0.1, 0.15) is 0 Å². The molecule has 0 aliphatic heterocycles. The maximum absolute atomic E-state index is 9.27. The highest BCUT2D eigenvalue weighted by Gasteiger charge is 2.00. The third-order valence-corrected chi connectivity index (χ3v) is 3.81. The summed E-state index contributed by atoms with van der Waals surface area (Å²) in [6, 6.07) is 20.0. The van der Waals surface area contributed by atoms with Gasteiger partial charge in [0.25, 0.3) is 0 Å². The number of rotatable bonds is 2. The van der Waals surface area contributed by atoms with Gasteiger partial charge in [0.05, 0.1) is 0 Å². The monoisotopic (exact) mass is 252 g/mol. The van der Waals surface area contributed by atoms with Crippen molar-refractivity contribution < 1.29 is 5.11 Å². The molecule has 0 saturated carbocycles. The van der Waals surface area contributed by atoms with Gasteiger partial charge in [-0.05, 0) is 40.3 Å². The minimum atomic E-state index is 0.300. The van der Waals surface area contributed by atoms with Crippen molar-refractivity contribution in [3.05, 3.63) is 66.0 Å². The van der Waals surface area contributed by atoms with E-state index in [-0.39, 0.29) is 0 Å². The molecule has 1 heterocycles. The molecule has 2 heteroatoms. The van der Waals surface area contributed by atoms with Gasteiger partial charge >= 0.3 is 0 Å². The van der Waals surface area contributed by atoms with Gasteiger partial charge in [-0.1, -0.05) is 42.5 Å². The van der Waals surface area contributed by atoms with Crippen LogP contribution in [-0.4, -0.2) is 5.11 Å². The molecule has 2 aromatic carbocycles. The topological polar surface area (TPSA) is 20.2 Å². The standard InChI is InChI=1S/C16H12OS/c17-15-9-7-13(8-10-15)12-3-5-14(6-4-12)16-2-1-11-18-16/h1-11,17H. The summed E-state index contributed by atoms with van der Waals surface area (Å²) in [6.07, 6.45) is 0. The Kier molecular flexibility index (Phi) is 2.87. The number of thiophene rings is 1. The lowest BCUT2D eigenvalue weighted by Crippen LogP contribution is -1.78. The molecule has 3 aromatic rings. The van der Waals surface area contributed by atoms with Crippen molar-refractivity contribution in [3.8, 4) is 27.3 Å². The van der Waals surface area contributed by atoms with Gasteiger partial charge in [0.15, 0.2) is 0 Å². The highest BCUT2D eigenvalue weighted by molar-refractivity contribution is 7.13. The minimum Gasteiger partial charge on any atom is -0.508 e. The molecule has 1 aromatic heterocycles. The van der Waals surface area contributed by atoms with Crippen molar-refractivity contribution in [1.82, 2.24) is 0 Å². The fourth-order valence-electron chi connectivity index (χ4n) is 1.92. The Balaban J connectivity index is 1.94. The van der Waals surface area contributed by atoms with Gasteiger partial charge in [0.2, 0.25) is 0 Å². The van der Waals surface area contributed by atoms with E-state index in [0.29, 0.717) is 5.75 Å². The fraction of sp³-hybridized carbons (Fsp3) is 0. The number of hydrogen-bond donors (Lipinski definition) is 1. The van der Waals surface area contributed by atoms with E-state index in [0.717, 1.165) is 11.1 Å². The van der Waals surface area contributed by atoms with E-state index in [9.17, 15) is 5.11 Å². The van der Waals surface area contributed by atoms with Gasteiger partial charge in [-0.15, -0.1) is 11.3 Å². The first kappa shape index (κ1) is 11.1. The summed E-state index contributed by atoms with van der Waals surface area (Å²) in [6.45, 7) is 0. The highest BCUT2D eigenvalue weighted by atomic mass is 32.1. The molecule has 0 amide bonds. The molecular weight excluding hydrogens is 240 g/mol. The van der Waals surface area contributed by atoms with Gasteiger partial charge in [0, 0.05) is 4.88 Å². The third kappa shape index (κ3) is 2.15. The second-order valence-electron chi connectivity index (χ2n) is 4.10. The Bertz CT molecular complexity index is 622. The predicted molar refractivity (Wildman–Crippen MR) is 76.9 cm³/mol. The molecule has 18 heavy (non-hydrogen) atoms. The fourth-order valence-corrected chi connectivity index (χ4v) is 2.66. The molecule has 0 aliphatic rings. The Morgan fingerprint density at radius 3 is 1.78 bits per heavy atom. The summed E-state index contributed by atoms with van der Waals surface area (Å²) >= 11 is 1.75. The van der Waals surface area contributed by atoms with Crippen molar-refractivity contribution in [2.24, 2.45) is 0 Å². The molecule has 0 atom stereocenters. The normalized spacial score (nSPS) is 10.4. The van der Waals surface area contributed by atoms with Gasteiger partial charge in [0.1, 0.15) is 5.75 Å². The van der Waals surface area contributed by atoms with E-state index in [1.54, 1.807) is 23.5 Å². The molecular formula is C16H12OS. The van der Waals surface area contributed by atoms with Crippen molar-refractivity contribution in [2.45, 2.75) is 0 Å². The molecule has 0 bridgehead atoms. The average Bonchev–Trinajstić information content (AvgIpc) is 2.94. The van der Waals surface area contributed by atoms with Crippen molar-refractivity contribution in [2.75, 3.05) is 0 Å². The first-order valence-corrected chi connectivity index (χ1v) is 6.64. The first-order valence-electron chi connectivity index (χ1n) is 5.76. The molecule has 88 valence electrons. The van der Waals surface area contributed by atoms with Crippen LogP contribution in [0.25, 0.3) is 21.6 Å². The summed E-state index contributed by atoms with van der Waals surface area (Å²) in [5, 5.41) is 11.4. The maximum Gasteiger partial charge on any atom is 0.115 e. The second-order valence-corrected chi connectivity index (χ2v) is 5.05. The van der Waals surface area contributed by atoms with Crippen LogP contribution in [0.2, 0.25) is 0 Å². The number of phenolic OH excluding ortho intramolecular Hbond substituents is 1. The van der Waals surface area contributed by atoms with Crippen molar-refractivity contribution in [3.63, 3.8) is 0 Å². The molecule has 0 radical (unpaired) electrons. The summed E-state index contributed by atoms with van der Waals surface area (Å²) in [4.78, 5) is 1.28. The Morgan fingerprint density at radius 1 is 0.667 bits per heavy atom. The lowest BCUT2D eigenvalue weighted by molar-refractivity contribution is 0.475. The number of benzene rings is 2. The molecule has 3 rings (SSSR count). The van der Waals surface area contributed by atoms with E-state index in [4.69, 9.17) is 0 Å². The van der Waals surface area contributed by atoms with Gasteiger partial charge in [-0.2, -0.15) is 0 Å². The van der Waals surface area contributed by atoms with Gasteiger partial charge < -0.3 is 5.11 Å². The lowest BCUT2D eigenvalue weighted by atomic mass is 10.0. The van der Waals surface area contributed by atoms with E-state index < -0.39 is 0 Å². The number of phenols is 1. The number of hydrogen-bond acceptors (Lipinski definition) is 2. The van der Waals surface area contributed by atoms with Gasteiger partial charge in [-0.3, -0.25) is 0 Å². The molecule has 0 aliphatic carbocycles. The molecule has 0 saturated heterocycles. The van der Waals surface area contributed by atoms with E-state index in [1.807, 2.05) is 12.1 Å². The van der Waals surface area contributed by atoms with E-state index in [1.165, 1.54) is 10.4 Å². The summed E-state index contributed by atoms with van der Waals surface area (Å²) < 4.78 is 0. The second kappa shape index (κ2) is 4.67. The molecule has 0 fully saturated rings. The van der Waals surface area contributed by atoms with Crippen molar-refractivity contribution >= 4 is 11.3 Å². The highest BCUT2D eigenvalue weighted by Crippen LogP contribution is 2.28. The summed E-state index contributed by atoms with van der Waals surface area (Å²) in [7, 11) is 0. The van der Waals surface area contributed by atoms with Crippen LogP contribution in [0.4, 0.5) is 0 Å². The van der Waals surface area contributed by atoms with Crippen molar-refractivity contribution in [1.29, 1.82) is 0 Å². The lowest BCUT2D eigenvalue weighted by Gasteiger charge is -2.03. The zero-order valence-corrected chi connectivity index (χ0v) is 10.5. The quantitative estimate of drug-likeness (QED) is 0.695. The van der Waals surface area contributed by atoms with Gasteiger partial charge in [-0.25, -0.2) is 0 Å². The van der Waals surface area contributed by atoms with Crippen LogP contribution in [0.15, 0.2) is 66.0 Å². The van der Waals surface area contributed by atoms with Crippen LogP contribution >= 0.6 is 11.3 Å². The first-order chi connectivity index (χ1) is 8.83. The largest absolute Gasteiger partial charge is 0.508 e. The van der Waals surface area contributed by atoms with E-state index in [2.05, 4.69) is 41.8 Å². The predicted octanol–water partition coefficient (Wildman–Crippen LogP) is 4.79. The summed E-state index contributed by atoms with van der Waals surface area (Å²) in [5.41, 5.74) is 3.52. The summed E-state index contributed by atoms with van der Waals surface area (Å²) in [5.74, 6) is 0.300. The number of aromatic hydroxyl groups is 1. The van der Waals surface area contributed by atoms with Crippen LogP contribution in [0.5, 0.6) is 5.75 Å². The molecule has 1 N–H and O–H groups in total. The van der Waals surface area contributed by atoms with Crippen LogP contribution in [0.3, 0.4) is 0 Å². The third-order valence-electron chi connectivity index (χ3n) is 2.89. The minimum absolute atomic E-state index is 0.300. The van der Waals surface area contributed by atoms with Crippen LogP contribution < -0.4 is 0 Å². The Labute approximate surface area is 110 Å². The maximum atomic E-state index is 9.27. The SMILES string of the molecule is Oc1ccc(-c2ccc(-c3cccs3)cc2)cc1. The Morgan fingerprint density at radius 2 is 1.22 bits per heavy atom.